The molecule has 1 amide bonds. The summed E-state index contributed by atoms with van der Waals surface area (Å²) in [5.74, 6) is 0.868. The maximum atomic E-state index is 13.0. The van der Waals surface area contributed by atoms with Gasteiger partial charge in [-0.05, 0) is 81.0 Å². The minimum Gasteiger partial charge on any atom is -0.444 e. The van der Waals surface area contributed by atoms with Gasteiger partial charge in [0.15, 0.2) is 5.13 Å². The third kappa shape index (κ3) is 6.63. The Kier molecular flexibility index (Phi) is 7.26. The lowest BCUT2D eigenvalue weighted by molar-refractivity contribution is 0.0205. The van der Waals surface area contributed by atoms with E-state index < -0.39 is 5.60 Å². The molecule has 0 bridgehead atoms. The molecule has 1 aromatic carbocycles. The molecule has 1 aliphatic rings. The molecule has 2 aromatic heterocycles. The molecule has 0 atom stereocenters. The molecule has 3 aromatic rings. The number of pyridine rings is 1. The predicted octanol–water partition coefficient (Wildman–Crippen LogP) is 6.71. The Morgan fingerprint density at radius 2 is 1.88 bits per heavy atom. The molecule has 178 valence electrons. The van der Waals surface area contributed by atoms with Gasteiger partial charge in [-0.2, -0.15) is 0 Å². The first-order valence-corrected chi connectivity index (χ1v) is 12.2. The van der Waals surface area contributed by atoms with E-state index in [2.05, 4.69) is 21.4 Å². The van der Waals surface area contributed by atoms with Crippen LogP contribution in [0.2, 0.25) is 0 Å². The average Bonchev–Trinajstić information content (AvgIpc) is 3.25. The Labute approximate surface area is 203 Å². The lowest BCUT2D eigenvalue weighted by Gasteiger charge is -2.33. The molecule has 0 unspecified atom stereocenters. The van der Waals surface area contributed by atoms with Gasteiger partial charge in [-0.25, -0.2) is 19.2 Å². The number of hydrogen-bond acceptors (Lipinski definition) is 6. The molecule has 1 fully saturated rings. The number of nitrogens with zero attached hydrogens (tertiary/aromatic N) is 3. The fourth-order valence-electron chi connectivity index (χ4n) is 3.77. The summed E-state index contributed by atoms with van der Waals surface area (Å²) >= 11 is 1.52. The second-order valence-corrected chi connectivity index (χ2v) is 10.4. The Bertz CT molecular complexity index is 1150. The number of aromatic nitrogens is 2. The Morgan fingerprint density at radius 1 is 1.15 bits per heavy atom. The maximum absolute atomic E-state index is 13.0. The van der Waals surface area contributed by atoms with E-state index >= 15 is 0 Å². The van der Waals surface area contributed by atoms with Crippen molar-refractivity contribution < 1.29 is 13.9 Å². The first kappa shape index (κ1) is 23.9. The van der Waals surface area contributed by atoms with Crippen molar-refractivity contribution in [1.29, 1.82) is 0 Å². The highest BCUT2D eigenvalue weighted by atomic mass is 32.1. The number of likely N-dealkylation sites (tertiary alicyclic amines) is 1. The number of ether oxygens (including phenoxy) is 1. The van der Waals surface area contributed by atoms with Crippen LogP contribution in [0.3, 0.4) is 0 Å². The molecule has 34 heavy (non-hydrogen) atoms. The van der Waals surface area contributed by atoms with Crippen molar-refractivity contribution in [2.45, 2.75) is 45.1 Å². The van der Waals surface area contributed by atoms with Crippen molar-refractivity contribution in [3.63, 3.8) is 0 Å². The van der Waals surface area contributed by atoms with Crippen LogP contribution in [0, 0.1) is 5.82 Å². The number of nitrogens with one attached hydrogen (secondary N) is 1. The average molecular weight is 481 g/mol. The van der Waals surface area contributed by atoms with E-state index in [1.165, 1.54) is 29.0 Å². The lowest BCUT2D eigenvalue weighted by atomic mass is 9.90. The van der Waals surface area contributed by atoms with Crippen LogP contribution in [-0.4, -0.2) is 39.7 Å². The van der Waals surface area contributed by atoms with Gasteiger partial charge in [-0.15, -0.1) is 0 Å². The fraction of sp³-hybridized carbons (Fsp3) is 0.346. The molecule has 3 heterocycles. The van der Waals surface area contributed by atoms with Crippen molar-refractivity contribution in [1.82, 2.24) is 14.9 Å². The summed E-state index contributed by atoms with van der Waals surface area (Å²) in [6, 6.07) is 10.5. The van der Waals surface area contributed by atoms with Crippen molar-refractivity contribution in [2.24, 2.45) is 0 Å². The zero-order valence-electron chi connectivity index (χ0n) is 19.6. The van der Waals surface area contributed by atoms with Crippen LogP contribution in [0.1, 0.15) is 55.5 Å². The van der Waals surface area contributed by atoms with E-state index in [-0.39, 0.29) is 11.9 Å². The van der Waals surface area contributed by atoms with Crippen LogP contribution in [0.25, 0.3) is 12.2 Å². The van der Waals surface area contributed by atoms with Crippen LogP contribution in [0.15, 0.2) is 48.8 Å². The molecule has 8 heteroatoms. The largest absolute Gasteiger partial charge is 0.444 e. The summed E-state index contributed by atoms with van der Waals surface area (Å²) in [7, 11) is 0. The molecule has 0 aliphatic carbocycles. The first-order valence-electron chi connectivity index (χ1n) is 11.4. The summed E-state index contributed by atoms with van der Waals surface area (Å²) in [5.41, 5.74) is 1.65. The zero-order chi connectivity index (χ0) is 24.1. The summed E-state index contributed by atoms with van der Waals surface area (Å²) in [5, 5.41) is 4.04. The predicted molar refractivity (Wildman–Crippen MR) is 135 cm³/mol. The second-order valence-electron chi connectivity index (χ2n) is 9.29. The van der Waals surface area contributed by atoms with Gasteiger partial charge in [0.25, 0.3) is 0 Å². The van der Waals surface area contributed by atoms with Crippen LogP contribution in [0.5, 0.6) is 0 Å². The Hall–Kier alpha value is -3.26. The summed E-state index contributed by atoms with van der Waals surface area (Å²) in [6.07, 6.45) is 9.02. The van der Waals surface area contributed by atoms with Gasteiger partial charge in [-0.3, -0.25) is 0 Å². The summed E-state index contributed by atoms with van der Waals surface area (Å²) in [4.78, 5) is 24.0. The van der Waals surface area contributed by atoms with E-state index in [4.69, 9.17) is 4.74 Å². The number of benzene rings is 1. The number of amides is 1. The highest BCUT2D eigenvalue weighted by Gasteiger charge is 2.27. The minimum absolute atomic E-state index is 0.240. The number of piperidine rings is 1. The summed E-state index contributed by atoms with van der Waals surface area (Å²) in [6.45, 7) is 7.02. The third-order valence-corrected chi connectivity index (χ3v) is 6.35. The molecule has 1 saturated heterocycles. The van der Waals surface area contributed by atoms with Crippen molar-refractivity contribution in [2.75, 3.05) is 18.4 Å². The number of carbonyl (C=O) groups is 1. The minimum atomic E-state index is -0.480. The van der Waals surface area contributed by atoms with Crippen LogP contribution in [-0.2, 0) is 4.74 Å². The van der Waals surface area contributed by atoms with Gasteiger partial charge in [0, 0.05) is 30.4 Å². The highest BCUT2D eigenvalue weighted by Crippen LogP contribution is 2.31. The molecular weight excluding hydrogens is 451 g/mol. The standard InChI is InChI=1S/C26H29FN4O2S/c1-26(2,3)33-25(32)31-14-11-19(12-15-31)20-10-13-28-23(16-20)30-24-29-17-22(34-24)9-6-18-4-7-21(27)8-5-18/h4-10,13,16-17,19H,11-12,14-15H2,1-3H3,(H,28,29,30). The van der Waals surface area contributed by atoms with E-state index in [1.807, 2.05) is 39.0 Å². The van der Waals surface area contributed by atoms with Crippen LogP contribution in [0.4, 0.5) is 20.1 Å². The fourth-order valence-corrected chi connectivity index (χ4v) is 4.50. The van der Waals surface area contributed by atoms with Crippen LogP contribution >= 0.6 is 11.3 Å². The molecule has 1 aliphatic heterocycles. The van der Waals surface area contributed by atoms with Crippen molar-refractivity contribution in [3.05, 3.63) is 70.6 Å². The van der Waals surface area contributed by atoms with Crippen molar-refractivity contribution >= 4 is 40.5 Å². The zero-order valence-corrected chi connectivity index (χ0v) is 20.4. The van der Waals surface area contributed by atoms with Gasteiger partial charge >= 0.3 is 6.09 Å². The van der Waals surface area contributed by atoms with Gasteiger partial charge in [0.1, 0.15) is 17.2 Å². The number of anilines is 2. The van der Waals surface area contributed by atoms with Gasteiger partial charge < -0.3 is 15.0 Å². The molecule has 6 nitrogen and oxygen atoms in total. The van der Waals surface area contributed by atoms with Crippen molar-refractivity contribution in [3.8, 4) is 0 Å². The van der Waals surface area contributed by atoms with E-state index in [1.54, 1.807) is 29.4 Å². The maximum Gasteiger partial charge on any atom is 0.410 e. The molecule has 0 spiro atoms. The van der Waals surface area contributed by atoms with E-state index in [9.17, 15) is 9.18 Å². The number of halogens is 1. The quantitative estimate of drug-likeness (QED) is 0.440. The molecule has 0 saturated carbocycles. The van der Waals surface area contributed by atoms with Gasteiger partial charge in [0.2, 0.25) is 0 Å². The first-order chi connectivity index (χ1) is 16.2. The van der Waals surface area contributed by atoms with Gasteiger partial charge in [0.05, 0.1) is 0 Å². The second kappa shape index (κ2) is 10.3. The molecule has 4 rings (SSSR count). The number of carbonyl (C=O) groups excluding carboxylic acids is 1. The number of thiazole rings is 1. The van der Waals surface area contributed by atoms with E-state index in [0.717, 1.165) is 34.2 Å². The molecular formula is C26H29FN4O2S. The topological polar surface area (TPSA) is 67.3 Å². The smallest absolute Gasteiger partial charge is 0.410 e. The number of hydrogen-bond donors (Lipinski definition) is 1. The molecule has 1 N–H and O–H groups in total. The Morgan fingerprint density at radius 3 is 2.59 bits per heavy atom. The summed E-state index contributed by atoms with van der Waals surface area (Å²) < 4.78 is 18.5. The SMILES string of the molecule is CC(C)(C)OC(=O)N1CCC(c2ccnc(Nc3ncc(C=Cc4ccc(F)cc4)s3)c2)CC1. The Balaban J connectivity index is 1.34. The highest BCUT2D eigenvalue weighted by molar-refractivity contribution is 7.16. The van der Waals surface area contributed by atoms with Gasteiger partial charge in [-0.1, -0.05) is 29.5 Å². The van der Waals surface area contributed by atoms with E-state index in [0.29, 0.717) is 19.0 Å². The normalized spacial score (nSPS) is 15.0. The lowest BCUT2D eigenvalue weighted by Crippen LogP contribution is -2.41. The monoisotopic (exact) mass is 480 g/mol. The third-order valence-electron chi connectivity index (χ3n) is 5.47. The van der Waals surface area contributed by atoms with Crippen LogP contribution < -0.4 is 5.32 Å². The molecule has 0 radical (unpaired) electrons. The number of rotatable bonds is 5.